The van der Waals surface area contributed by atoms with Gasteiger partial charge in [0.2, 0.25) is 0 Å². The molecule has 53 heavy (non-hydrogen) atoms. The highest BCUT2D eigenvalue weighted by Gasteiger charge is 2.16. The van der Waals surface area contributed by atoms with Gasteiger partial charge in [0, 0.05) is 17.1 Å². The molecular formula is C52H45N. The first-order valence-corrected chi connectivity index (χ1v) is 19.0. The monoisotopic (exact) mass is 683 g/mol. The highest BCUT2D eigenvalue weighted by Crippen LogP contribution is 2.40. The summed E-state index contributed by atoms with van der Waals surface area (Å²) in [6, 6.07) is 68.8. The average Bonchev–Trinajstić information content (AvgIpc) is 3.23. The van der Waals surface area contributed by atoms with Crippen molar-refractivity contribution >= 4 is 49.8 Å². The first-order chi connectivity index (χ1) is 26.2. The Kier molecular flexibility index (Phi) is 9.99. The standard InChI is InChI=1S/C52H45N/c1-3-13-51(46-23-21-40-19-11-12-20-43(40)35-46)52(14-4-2)47-24-22-45-37-50(34-29-44(45)36-47)53(48-30-25-41(26-31-48)38-15-7-5-8-16-38)49-32-27-42(28-33-49)39-17-9-6-10-18-39/h5-12,15-37H,3-4,13-14H2,1-2H3/b52-51+. The van der Waals surface area contributed by atoms with Crippen molar-refractivity contribution in [1.29, 1.82) is 0 Å². The Balaban J connectivity index is 1.19. The SMILES string of the molecule is CCC/C(=C(/CCC)c1ccc2cc(N(c3ccc(-c4ccccc4)cc3)c3ccc(-c4ccccc4)cc3)ccc2c1)c1ccc2ccccc2c1. The lowest BCUT2D eigenvalue weighted by Gasteiger charge is -2.26. The smallest absolute Gasteiger partial charge is 0.0468 e. The van der Waals surface area contributed by atoms with E-state index in [0.717, 1.165) is 42.7 Å². The first kappa shape index (κ1) is 33.9. The molecule has 0 aliphatic carbocycles. The van der Waals surface area contributed by atoms with Crippen LogP contribution in [0.1, 0.15) is 50.7 Å². The summed E-state index contributed by atoms with van der Waals surface area (Å²) in [4.78, 5) is 2.37. The molecule has 0 heterocycles. The van der Waals surface area contributed by atoms with Crippen LogP contribution in [0.15, 0.2) is 188 Å². The van der Waals surface area contributed by atoms with E-state index in [4.69, 9.17) is 0 Å². The average molecular weight is 684 g/mol. The van der Waals surface area contributed by atoms with Gasteiger partial charge < -0.3 is 4.90 Å². The van der Waals surface area contributed by atoms with Crippen molar-refractivity contribution in [2.24, 2.45) is 0 Å². The highest BCUT2D eigenvalue weighted by molar-refractivity contribution is 5.98. The van der Waals surface area contributed by atoms with E-state index in [1.807, 2.05) is 0 Å². The second-order valence-electron chi connectivity index (χ2n) is 13.9. The molecule has 0 aromatic heterocycles. The number of allylic oxidation sites excluding steroid dienone is 2. The van der Waals surface area contributed by atoms with Crippen LogP contribution < -0.4 is 4.90 Å². The van der Waals surface area contributed by atoms with Crippen molar-refractivity contribution in [3.05, 3.63) is 199 Å². The number of hydrogen-bond acceptors (Lipinski definition) is 1. The molecule has 0 amide bonds. The van der Waals surface area contributed by atoms with Crippen LogP contribution in [-0.2, 0) is 0 Å². The fraction of sp³-hybridized carbons (Fsp3) is 0.115. The summed E-state index contributed by atoms with van der Waals surface area (Å²) >= 11 is 0. The zero-order valence-electron chi connectivity index (χ0n) is 30.7. The molecule has 8 rings (SSSR count). The number of rotatable bonds is 11. The lowest BCUT2D eigenvalue weighted by atomic mass is 9.87. The molecule has 0 aliphatic rings. The van der Waals surface area contributed by atoms with Gasteiger partial charge in [-0.05, 0) is 127 Å². The van der Waals surface area contributed by atoms with Gasteiger partial charge in [0.15, 0.2) is 0 Å². The molecule has 8 aromatic rings. The Morgan fingerprint density at radius 3 is 1.23 bits per heavy atom. The van der Waals surface area contributed by atoms with Crippen molar-refractivity contribution < 1.29 is 0 Å². The van der Waals surface area contributed by atoms with Gasteiger partial charge in [0.25, 0.3) is 0 Å². The predicted octanol–water partition coefficient (Wildman–Crippen LogP) is 15.3. The van der Waals surface area contributed by atoms with Crippen molar-refractivity contribution in [3.63, 3.8) is 0 Å². The van der Waals surface area contributed by atoms with Gasteiger partial charge in [-0.15, -0.1) is 0 Å². The van der Waals surface area contributed by atoms with Gasteiger partial charge in [-0.3, -0.25) is 0 Å². The van der Waals surface area contributed by atoms with Gasteiger partial charge in [-0.2, -0.15) is 0 Å². The number of hydrogen-bond donors (Lipinski definition) is 0. The van der Waals surface area contributed by atoms with Crippen LogP contribution in [0.2, 0.25) is 0 Å². The quantitative estimate of drug-likeness (QED) is 0.123. The molecule has 0 N–H and O–H groups in total. The lowest BCUT2D eigenvalue weighted by Crippen LogP contribution is -2.09. The summed E-state index contributed by atoms with van der Waals surface area (Å²) in [5, 5.41) is 5.08. The predicted molar refractivity (Wildman–Crippen MR) is 230 cm³/mol. The Hall–Kier alpha value is -6.18. The van der Waals surface area contributed by atoms with Crippen molar-refractivity contribution in [1.82, 2.24) is 0 Å². The van der Waals surface area contributed by atoms with Crippen LogP contribution in [0.5, 0.6) is 0 Å². The van der Waals surface area contributed by atoms with Crippen molar-refractivity contribution in [2.75, 3.05) is 4.90 Å². The lowest BCUT2D eigenvalue weighted by molar-refractivity contribution is 0.945. The second-order valence-corrected chi connectivity index (χ2v) is 13.9. The van der Waals surface area contributed by atoms with Crippen molar-refractivity contribution in [2.45, 2.75) is 39.5 Å². The van der Waals surface area contributed by atoms with Crippen LogP contribution in [-0.4, -0.2) is 0 Å². The molecule has 0 bridgehead atoms. The minimum Gasteiger partial charge on any atom is -0.310 e. The fourth-order valence-corrected chi connectivity index (χ4v) is 7.69. The zero-order chi connectivity index (χ0) is 36.0. The third kappa shape index (κ3) is 7.30. The van der Waals surface area contributed by atoms with Gasteiger partial charge in [-0.25, -0.2) is 0 Å². The summed E-state index contributed by atoms with van der Waals surface area (Å²) in [7, 11) is 0. The molecule has 0 aliphatic heterocycles. The molecule has 8 aromatic carbocycles. The maximum atomic E-state index is 2.41. The van der Waals surface area contributed by atoms with E-state index in [1.54, 1.807) is 0 Å². The molecule has 0 radical (unpaired) electrons. The summed E-state index contributed by atoms with van der Waals surface area (Å²) in [6.07, 6.45) is 4.33. The molecule has 0 atom stereocenters. The topological polar surface area (TPSA) is 3.24 Å². The molecule has 1 heteroatoms. The van der Waals surface area contributed by atoms with E-state index in [1.165, 1.54) is 66.1 Å². The highest BCUT2D eigenvalue weighted by atomic mass is 15.1. The normalized spacial score (nSPS) is 11.8. The van der Waals surface area contributed by atoms with E-state index < -0.39 is 0 Å². The molecular weight excluding hydrogens is 639 g/mol. The van der Waals surface area contributed by atoms with Gasteiger partial charge in [0.1, 0.15) is 0 Å². The van der Waals surface area contributed by atoms with E-state index in [2.05, 4.69) is 207 Å². The van der Waals surface area contributed by atoms with E-state index in [9.17, 15) is 0 Å². The minimum atomic E-state index is 1.05. The van der Waals surface area contributed by atoms with Crippen LogP contribution in [0.4, 0.5) is 17.1 Å². The number of fused-ring (bicyclic) bond motifs is 2. The van der Waals surface area contributed by atoms with E-state index >= 15 is 0 Å². The molecule has 0 saturated heterocycles. The number of anilines is 3. The Morgan fingerprint density at radius 1 is 0.340 bits per heavy atom. The molecule has 1 nitrogen and oxygen atoms in total. The molecule has 0 spiro atoms. The summed E-state index contributed by atoms with van der Waals surface area (Å²) < 4.78 is 0. The largest absolute Gasteiger partial charge is 0.310 e. The molecule has 0 fully saturated rings. The maximum absolute atomic E-state index is 2.41. The number of nitrogens with zero attached hydrogens (tertiary/aromatic N) is 1. The van der Waals surface area contributed by atoms with Crippen LogP contribution >= 0.6 is 0 Å². The Morgan fingerprint density at radius 2 is 0.717 bits per heavy atom. The summed E-state index contributed by atoms with van der Waals surface area (Å²) in [5.41, 5.74) is 13.9. The van der Waals surface area contributed by atoms with Crippen LogP contribution in [0.25, 0.3) is 54.9 Å². The molecule has 0 unspecified atom stereocenters. The Bertz CT molecular complexity index is 2410. The van der Waals surface area contributed by atoms with Crippen LogP contribution in [0, 0.1) is 0 Å². The summed E-state index contributed by atoms with van der Waals surface area (Å²) in [6.45, 7) is 4.59. The van der Waals surface area contributed by atoms with Gasteiger partial charge in [0.05, 0.1) is 0 Å². The molecule has 258 valence electrons. The Labute approximate surface area is 314 Å². The summed E-state index contributed by atoms with van der Waals surface area (Å²) in [5.74, 6) is 0. The second kappa shape index (κ2) is 15.6. The third-order valence-electron chi connectivity index (χ3n) is 10.4. The van der Waals surface area contributed by atoms with Crippen LogP contribution in [0.3, 0.4) is 0 Å². The van der Waals surface area contributed by atoms with Gasteiger partial charge >= 0.3 is 0 Å². The van der Waals surface area contributed by atoms with Crippen molar-refractivity contribution in [3.8, 4) is 22.3 Å². The first-order valence-electron chi connectivity index (χ1n) is 19.0. The van der Waals surface area contributed by atoms with E-state index in [-0.39, 0.29) is 0 Å². The third-order valence-corrected chi connectivity index (χ3v) is 10.4. The maximum Gasteiger partial charge on any atom is 0.0468 e. The minimum absolute atomic E-state index is 1.05. The zero-order valence-corrected chi connectivity index (χ0v) is 30.7. The van der Waals surface area contributed by atoms with E-state index in [0.29, 0.717) is 0 Å². The number of benzene rings is 8. The van der Waals surface area contributed by atoms with Gasteiger partial charge in [-0.1, -0.05) is 166 Å². The molecule has 0 saturated carbocycles. The fourth-order valence-electron chi connectivity index (χ4n) is 7.69.